The fraction of sp³-hybridized carbons (Fsp3) is 0.394. The van der Waals surface area contributed by atoms with Gasteiger partial charge in [0.2, 0.25) is 5.91 Å². The second kappa shape index (κ2) is 13.9. The van der Waals surface area contributed by atoms with Gasteiger partial charge in [-0.05, 0) is 42.7 Å². The highest BCUT2D eigenvalue weighted by Gasteiger charge is 2.30. The van der Waals surface area contributed by atoms with Gasteiger partial charge in [-0.15, -0.1) is 0 Å². The van der Waals surface area contributed by atoms with Gasteiger partial charge in [0.25, 0.3) is 0 Å². The van der Waals surface area contributed by atoms with E-state index < -0.39 is 0 Å². The summed E-state index contributed by atoms with van der Waals surface area (Å²) in [5.74, 6) is 1.42. The van der Waals surface area contributed by atoms with Crippen LogP contribution in [0.5, 0.6) is 5.75 Å². The van der Waals surface area contributed by atoms with Crippen LogP contribution in [-0.4, -0.2) is 79.9 Å². The van der Waals surface area contributed by atoms with Crippen molar-refractivity contribution in [3.05, 3.63) is 72.6 Å². The van der Waals surface area contributed by atoms with E-state index in [2.05, 4.69) is 43.0 Å². The van der Waals surface area contributed by atoms with E-state index in [9.17, 15) is 10.1 Å². The highest BCUT2D eigenvalue weighted by atomic mass is 16.7. The first-order valence-corrected chi connectivity index (χ1v) is 15.3. The lowest BCUT2D eigenvalue weighted by Gasteiger charge is -2.41. The van der Waals surface area contributed by atoms with Crippen molar-refractivity contribution in [2.45, 2.75) is 31.3 Å². The molecule has 1 amide bonds. The number of amides is 1. The Morgan fingerprint density at radius 2 is 1.89 bits per heavy atom. The average Bonchev–Trinajstić information content (AvgIpc) is 3.59. The van der Waals surface area contributed by atoms with Gasteiger partial charge >= 0.3 is 0 Å². The van der Waals surface area contributed by atoms with Crippen LogP contribution >= 0.6 is 0 Å². The summed E-state index contributed by atoms with van der Waals surface area (Å²) < 4.78 is 11.4. The van der Waals surface area contributed by atoms with Crippen LogP contribution in [0.25, 0.3) is 0 Å². The first-order chi connectivity index (χ1) is 22.1. The van der Waals surface area contributed by atoms with Crippen LogP contribution in [0.2, 0.25) is 0 Å². The molecule has 0 spiro atoms. The summed E-state index contributed by atoms with van der Waals surface area (Å²) in [5.41, 5.74) is 3.76. The SMILES string of the molecule is C=CC(=O)Nc1cc(Nc2cc(N3OCC[C@@H]3c3cccc(C#N)c3)ncn2)c(OC)cc1N1CCC(N2CCOCC2)CC1. The number of rotatable bonds is 9. The van der Waals surface area contributed by atoms with Gasteiger partial charge < -0.3 is 25.0 Å². The van der Waals surface area contributed by atoms with Gasteiger partial charge in [0.1, 0.15) is 17.9 Å². The number of methoxy groups -OCH3 is 1. The molecule has 2 N–H and O–H groups in total. The summed E-state index contributed by atoms with van der Waals surface area (Å²) in [6.45, 7) is 9.42. The maximum absolute atomic E-state index is 12.5. The van der Waals surface area contributed by atoms with Crippen molar-refractivity contribution in [1.29, 1.82) is 5.26 Å². The molecule has 1 aromatic heterocycles. The lowest BCUT2D eigenvalue weighted by molar-refractivity contribution is -0.111. The number of carbonyl (C=O) groups is 1. The summed E-state index contributed by atoms with van der Waals surface area (Å²) in [6, 6.07) is 15.8. The van der Waals surface area contributed by atoms with E-state index in [4.69, 9.17) is 14.3 Å². The Bertz CT molecular complexity index is 1560. The first kappa shape index (κ1) is 30.3. The maximum atomic E-state index is 12.5. The van der Waals surface area contributed by atoms with Crippen LogP contribution in [0.15, 0.2) is 61.4 Å². The minimum atomic E-state index is -0.294. The van der Waals surface area contributed by atoms with Crippen molar-refractivity contribution in [2.75, 3.05) is 73.7 Å². The molecule has 2 aromatic carbocycles. The second-order valence-corrected chi connectivity index (χ2v) is 11.2. The van der Waals surface area contributed by atoms with Crippen LogP contribution in [0.3, 0.4) is 0 Å². The number of aromatic nitrogens is 2. The number of piperidine rings is 1. The van der Waals surface area contributed by atoms with E-state index in [0.29, 0.717) is 47.0 Å². The standard InChI is InChI=1S/C33H38N8O4/c1-3-33(42)38-26-18-27(30(43-2)19-29(26)40-10-7-25(8-11-40)39-12-15-44-16-13-39)37-31-20-32(36-22-35-31)41-28(9-14-45-41)24-6-4-5-23(17-24)21-34/h3-6,17-20,22,25,28H,1,7-16H2,2H3,(H,38,42)(H,35,36,37)/t28-/m1/s1. The smallest absolute Gasteiger partial charge is 0.247 e. The van der Waals surface area contributed by atoms with Crippen molar-refractivity contribution in [3.8, 4) is 11.8 Å². The minimum absolute atomic E-state index is 0.0945. The summed E-state index contributed by atoms with van der Waals surface area (Å²) in [7, 11) is 1.63. The van der Waals surface area contributed by atoms with Gasteiger partial charge in [0.05, 0.1) is 61.7 Å². The van der Waals surface area contributed by atoms with Crippen molar-refractivity contribution >= 4 is 34.6 Å². The van der Waals surface area contributed by atoms with Crippen LogP contribution in [0.4, 0.5) is 28.7 Å². The fourth-order valence-corrected chi connectivity index (χ4v) is 6.28. The molecule has 0 saturated carbocycles. The molecule has 3 aromatic rings. The molecule has 3 saturated heterocycles. The third kappa shape index (κ3) is 6.86. The Hall–Kier alpha value is -4.70. The topological polar surface area (TPSA) is 128 Å². The molecule has 3 fully saturated rings. The van der Waals surface area contributed by atoms with E-state index in [1.54, 1.807) is 24.3 Å². The zero-order valence-electron chi connectivity index (χ0n) is 25.4. The lowest BCUT2D eigenvalue weighted by Crippen LogP contribution is -2.49. The van der Waals surface area contributed by atoms with Crippen LogP contribution < -0.4 is 25.3 Å². The zero-order chi connectivity index (χ0) is 31.2. The average molecular weight is 611 g/mol. The number of benzene rings is 2. The van der Waals surface area contributed by atoms with Crippen molar-refractivity contribution in [1.82, 2.24) is 14.9 Å². The first-order valence-electron chi connectivity index (χ1n) is 15.3. The summed E-state index contributed by atoms with van der Waals surface area (Å²) in [5, 5.41) is 17.5. The fourth-order valence-electron chi connectivity index (χ4n) is 6.28. The van der Waals surface area contributed by atoms with Crippen molar-refractivity contribution in [2.24, 2.45) is 0 Å². The van der Waals surface area contributed by atoms with E-state index in [1.165, 1.54) is 12.4 Å². The molecule has 12 heteroatoms. The van der Waals surface area contributed by atoms with Crippen LogP contribution in [0.1, 0.15) is 36.4 Å². The van der Waals surface area contributed by atoms with Crippen LogP contribution in [-0.2, 0) is 14.4 Å². The van der Waals surface area contributed by atoms with E-state index in [0.717, 1.165) is 69.9 Å². The summed E-state index contributed by atoms with van der Waals surface area (Å²) >= 11 is 0. The zero-order valence-corrected chi connectivity index (χ0v) is 25.4. The minimum Gasteiger partial charge on any atom is -0.494 e. The molecule has 0 radical (unpaired) electrons. The Balaban J connectivity index is 1.24. The number of carbonyl (C=O) groups excluding carboxylic acids is 1. The molecule has 0 unspecified atom stereocenters. The molecule has 0 aliphatic carbocycles. The van der Waals surface area contributed by atoms with Gasteiger partial charge in [-0.1, -0.05) is 18.7 Å². The molecular weight excluding hydrogens is 572 g/mol. The number of hydrogen-bond donors (Lipinski definition) is 2. The van der Waals surface area contributed by atoms with Gasteiger partial charge in [0, 0.05) is 50.8 Å². The third-order valence-electron chi connectivity index (χ3n) is 8.57. The van der Waals surface area contributed by atoms with E-state index in [1.807, 2.05) is 30.3 Å². The van der Waals surface area contributed by atoms with Gasteiger partial charge in [-0.25, -0.2) is 15.0 Å². The molecule has 3 aliphatic heterocycles. The highest BCUT2D eigenvalue weighted by molar-refractivity contribution is 6.02. The molecule has 3 aliphatic rings. The second-order valence-electron chi connectivity index (χ2n) is 11.2. The number of nitrogens with one attached hydrogen (secondary N) is 2. The maximum Gasteiger partial charge on any atom is 0.247 e. The molecule has 45 heavy (non-hydrogen) atoms. The summed E-state index contributed by atoms with van der Waals surface area (Å²) in [6.07, 6.45) is 5.55. The quantitative estimate of drug-likeness (QED) is 0.335. The van der Waals surface area contributed by atoms with E-state index >= 15 is 0 Å². The third-order valence-corrected chi connectivity index (χ3v) is 8.57. The summed E-state index contributed by atoms with van der Waals surface area (Å²) in [4.78, 5) is 32.2. The highest BCUT2D eigenvalue weighted by Crippen LogP contribution is 2.40. The van der Waals surface area contributed by atoms with Gasteiger partial charge in [0.15, 0.2) is 5.82 Å². The van der Waals surface area contributed by atoms with Gasteiger partial charge in [-0.3, -0.25) is 14.5 Å². The molecule has 4 heterocycles. The lowest BCUT2D eigenvalue weighted by atomic mass is 10.0. The number of ether oxygens (including phenoxy) is 2. The molecule has 234 valence electrons. The number of nitriles is 1. The van der Waals surface area contributed by atoms with Crippen molar-refractivity contribution < 1.29 is 19.1 Å². The normalized spacial score (nSPS) is 19.2. The number of hydrogen-bond acceptors (Lipinski definition) is 11. The molecule has 6 rings (SSSR count). The molecule has 0 bridgehead atoms. The number of morpholine rings is 1. The Morgan fingerprint density at radius 1 is 1.07 bits per heavy atom. The largest absolute Gasteiger partial charge is 0.494 e. The number of nitrogens with zero attached hydrogens (tertiary/aromatic N) is 6. The number of anilines is 5. The Labute approximate surface area is 263 Å². The Morgan fingerprint density at radius 3 is 2.64 bits per heavy atom. The Kier molecular flexibility index (Phi) is 9.40. The van der Waals surface area contributed by atoms with Crippen molar-refractivity contribution in [3.63, 3.8) is 0 Å². The van der Waals surface area contributed by atoms with Gasteiger partial charge in [-0.2, -0.15) is 5.26 Å². The monoisotopic (exact) mass is 610 g/mol. The predicted octanol–water partition coefficient (Wildman–Crippen LogP) is 4.41. The van der Waals surface area contributed by atoms with Crippen LogP contribution in [0, 0.1) is 11.3 Å². The van der Waals surface area contributed by atoms with E-state index in [-0.39, 0.29) is 11.9 Å². The molecule has 12 nitrogen and oxygen atoms in total. The predicted molar refractivity (Wildman–Crippen MR) is 172 cm³/mol. The molecule has 1 atom stereocenters. The molecular formula is C33H38N8O4. The number of hydroxylamine groups is 1.